The molecule has 0 aromatic heterocycles. The molecule has 0 N–H and O–H groups in total. The third-order valence-electron chi connectivity index (χ3n) is 5.08. The minimum atomic E-state index is -0.356. The Bertz CT molecular complexity index is 1080. The summed E-state index contributed by atoms with van der Waals surface area (Å²) in [7, 11) is 1.52. The van der Waals surface area contributed by atoms with Crippen molar-refractivity contribution in [2.75, 3.05) is 26.9 Å². The molecular weight excluding hydrogens is 462 g/mol. The molecule has 0 aliphatic carbocycles. The van der Waals surface area contributed by atoms with E-state index in [4.69, 9.17) is 25.8 Å². The standard InChI is InChI=1S/C25H28ClNO5S/c1-6-31-23-19(26)12-17(13-21(23)30-5)14-22-24(28)27(25(29)33-22)9-10-32-20-11-16(4)7-8-18(20)15(2)3/h7-8,11-15H,6,9-10H2,1-5H3/b22-14-. The van der Waals surface area contributed by atoms with Crippen LogP contribution in [0.3, 0.4) is 0 Å². The Morgan fingerprint density at radius 3 is 2.55 bits per heavy atom. The number of amides is 2. The fraction of sp³-hybridized carbons (Fsp3) is 0.360. The Labute approximate surface area is 203 Å². The minimum absolute atomic E-state index is 0.167. The molecule has 3 rings (SSSR count). The lowest BCUT2D eigenvalue weighted by molar-refractivity contribution is -0.123. The molecule has 6 nitrogen and oxygen atoms in total. The summed E-state index contributed by atoms with van der Waals surface area (Å²) < 4.78 is 16.8. The highest BCUT2D eigenvalue weighted by Crippen LogP contribution is 2.39. The minimum Gasteiger partial charge on any atom is -0.493 e. The fourth-order valence-electron chi connectivity index (χ4n) is 3.44. The predicted octanol–water partition coefficient (Wildman–Crippen LogP) is 6.29. The van der Waals surface area contributed by atoms with Crippen LogP contribution in [0, 0.1) is 6.92 Å². The molecule has 1 aliphatic heterocycles. The average molecular weight is 490 g/mol. The van der Waals surface area contributed by atoms with Crippen LogP contribution >= 0.6 is 23.4 Å². The Hall–Kier alpha value is -2.64. The van der Waals surface area contributed by atoms with Crippen molar-refractivity contribution in [1.29, 1.82) is 0 Å². The molecular formula is C25H28ClNO5S. The lowest BCUT2D eigenvalue weighted by Crippen LogP contribution is -2.32. The normalized spacial score (nSPS) is 15.0. The molecule has 8 heteroatoms. The first kappa shape index (κ1) is 25.0. The molecule has 33 heavy (non-hydrogen) atoms. The van der Waals surface area contributed by atoms with Crippen LogP contribution in [0.25, 0.3) is 6.08 Å². The molecule has 0 atom stereocenters. The molecule has 1 fully saturated rings. The summed E-state index contributed by atoms with van der Waals surface area (Å²) in [5.74, 6) is 1.64. The molecule has 0 radical (unpaired) electrons. The van der Waals surface area contributed by atoms with E-state index in [0.29, 0.717) is 39.5 Å². The highest BCUT2D eigenvalue weighted by molar-refractivity contribution is 8.18. The number of rotatable bonds is 9. The zero-order valence-electron chi connectivity index (χ0n) is 19.4. The van der Waals surface area contributed by atoms with E-state index in [2.05, 4.69) is 19.9 Å². The Morgan fingerprint density at radius 2 is 1.88 bits per heavy atom. The number of ether oxygens (including phenoxy) is 3. The van der Waals surface area contributed by atoms with Gasteiger partial charge in [0.2, 0.25) is 0 Å². The maximum absolute atomic E-state index is 12.9. The van der Waals surface area contributed by atoms with Crippen LogP contribution in [0.1, 0.15) is 43.4 Å². The van der Waals surface area contributed by atoms with Gasteiger partial charge in [0.25, 0.3) is 11.1 Å². The molecule has 2 amide bonds. The van der Waals surface area contributed by atoms with Crippen molar-refractivity contribution in [1.82, 2.24) is 4.90 Å². The van der Waals surface area contributed by atoms with Crippen LogP contribution in [0.5, 0.6) is 17.2 Å². The number of imide groups is 1. The van der Waals surface area contributed by atoms with Gasteiger partial charge in [-0.15, -0.1) is 0 Å². The van der Waals surface area contributed by atoms with E-state index in [9.17, 15) is 9.59 Å². The number of carbonyl (C=O) groups excluding carboxylic acids is 2. The first-order valence-electron chi connectivity index (χ1n) is 10.7. The van der Waals surface area contributed by atoms with Crippen LogP contribution in [-0.4, -0.2) is 42.9 Å². The second-order valence-electron chi connectivity index (χ2n) is 7.84. The monoisotopic (exact) mass is 489 g/mol. The summed E-state index contributed by atoms with van der Waals surface area (Å²) in [6.07, 6.45) is 1.63. The van der Waals surface area contributed by atoms with E-state index >= 15 is 0 Å². The van der Waals surface area contributed by atoms with E-state index in [1.807, 2.05) is 26.0 Å². The van der Waals surface area contributed by atoms with Gasteiger partial charge in [-0.3, -0.25) is 14.5 Å². The smallest absolute Gasteiger partial charge is 0.293 e. The van der Waals surface area contributed by atoms with E-state index in [-0.39, 0.29) is 24.3 Å². The van der Waals surface area contributed by atoms with E-state index < -0.39 is 0 Å². The fourth-order valence-corrected chi connectivity index (χ4v) is 4.58. The van der Waals surface area contributed by atoms with Crippen LogP contribution in [-0.2, 0) is 4.79 Å². The van der Waals surface area contributed by atoms with E-state index in [0.717, 1.165) is 28.6 Å². The van der Waals surface area contributed by atoms with Gasteiger partial charge in [0, 0.05) is 0 Å². The number of halogens is 1. The Morgan fingerprint density at radius 1 is 1.12 bits per heavy atom. The third kappa shape index (κ3) is 5.84. The van der Waals surface area contributed by atoms with Gasteiger partial charge >= 0.3 is 0 Å². The molecule has 1 aliphatic rings. The van der Waals surface area contributed by atoms with Crippen LogP contribution < -0.4 is 14.2 Å². The summed E-state index contributed by atoms with van der Waals surface area (Å²) in [6.45, 7) is 8.88. The van der Waals surface area contributed by atoms with Crippen molar-refractivity contribution in [2.45, 2.75) is 33.6 Å². The van der Waals surface area contributed by atoms with Gasteiger partial charge in [-0.2, -0.15) is 0 Å². The van der Waals surface area contributed by atoms with Crippen LogP contribution in [0.4, 0.5) is 4.79 Å². The number of thioether (sulfide) groups is 1. The van der Waals surface area contributed by atoms with Gasteiger partial charge in [0.1, 0.15) is 12.4 Å². The molecule has 2 aromatic rings. The number of hydrogen-bond donors (Lipinski definition) is 0. The lowest BCUT2D eigenvalue weighted by atomic mass is 10.0. The number of hydrogen-bond acceptors (Lipinski definition) is 6. The lowest BCUT2D eigenvalue weighted by Gasteiger charge is -2.17. The van der Waals surface area contributed by atoms with Gasteiger partial charge in [-0.25, -0.2) is 0 Å². The van der Waals surface area contributed by atoms with Crippen molar-refractivity contribution < 1.29 is 23.8 Å². The van der Waals surface area contributed by atoms with Crippen molar-refractivity contribution in [3.8, 4) is 17.2 Å². The largest absolute Gasteiger partial charge is 0.493 e. The Balaban J connectivity index is 1.72. The SMILES string of the molecule is CCOc1c(Cl)cc(/C=C2\SC(=O)N(CCOc3cc(C)ccc3C(C)C)C2=O)cc1OC. The average Bonchev–Trinajstić information content (AvgIpc) is 3.02. The molecule has 1 saturated heterocycles. The van der Waals surface area contributed by atoms with Crippen molar-refractivity contribution >= 4 is 40.6 Å². The van der Waals surface area contributed by atoms with Gasteiger partial charge in [-0.1, -0.05) is 37.6 Å². The van der Waals surface area contributed by atoms with E-state index in [1.165, 1.54) is 12.0 Å². The number of methoxy groups -OCH3 is 1. The molecule has 0 bridgehead atoms. The quantitative estimate of drug-likeness (QED) is 0.385. The number of carbonyl (C=O) groups is 2. The summed E-state index contributed by atoms with van der Waals surface area (Å²) in [5, 5.41) is 0.0429. The molecule has 176 valence electrons. The van der Waals surface area contributed by atoms with Gasteiger partial charge in [-0.05, 0) is 72.5 Å². The zero-order valence-corrected chi connectivity index (χ0v) is 21.0. The van der Waals surface area contributed by atoms with Crippen LogP contribution in [0.2, 0.25) is 5.02 Å². The summed E-state index contributed by atoms with van der Waals surface area (Å²) >= 11 is 7.22. The molecule has 0 spiro atoms. The predicted molar refractivity (Wildman–Crippen MR) is 133 cm³/mol. The number of benzene rings is 2. The first-order chi connectivity index (χ1) is 15.7. The van der Waals surface area contributed by atoms with Crippen molar-refractivity contribution in [2.24, 2.45) is 0 Å². The highest BCUT2D eigenvalue weighted by atomic mass is 35.5. The summed E-state index contributed by atoms with van der Waals surface area (Å²) in [4.78, 5) is 26.9. The number of aryl methyl sites for hydroxylation is 1. The molecule has 1 heterocycles. The highest BCUT2D eigenvalue weighted by Gasteiger charge is 2.35. The van der Waals surface area contributed by atoms with Crippen molar-refractivity contribution in [3.63, 3.8) is 0 Å². The molecule has 0 saturated carbocycles. The van der Waals surface area contributed by atoms with Crippen molar-refractivity contribution in [3.05, 3.63) is 56.9 Å². The molecule has 2 aromatic carbocycles. The van der Waals surface area contributed by atoms with Gasteiger partial charge in [0.05, 0.1) is 30.2 Å². The maximum Gasteiger partial charge on any atom is 0.293 e. The summed E-state index contributed by atoms with van der Waals surface area (Å²) in [5.41, 5.74) is 2.83. The first-order valence-corrected chi connectivity index (χ1v) is 11.9. The topological polar surface area (TPSA) is 65.1 Å². The number of nitrogens with zero attached hydrogens (tertiary/aromatic N) is 1. The third-order valence-corrected chi connectivity index (χ3v) is 6.26. The second-order valence-corrected chi connectivity index (χ2v) is 9.25. The molecule has 0 unspecified atom stereocenters. The van der Waals surface area contributed by atoms with Gasteiger partial charge in [0.15, 0.2) is 11.5 Å². The Kier molecular flexibility index (Phi) is 8.32. The maximum atomic E-state index is 12.9. The van der Waals surface area contributed by atoms with E-state index in [1.54, 1.807) is 18.2 Å². The van der Waals surface area contributed by atoms with Gasteiger partial charge < -0.3 is 14.2 Å². The second kappa shape index (κ2) is 11.0. The zero-order chi connectivity index (χ0) is 24.1. The summed E-state index contributed by atoms with van der Waals surface area (Å²) in [6, 6.07) is 9.47. The van der Waals surface area contributed by atoms with Crippen LogP contribution in [0.15, 0.2) is 35.2 Å².